The van der Waals surface area contributed by atoms with Crippen molar-refractivity contribution < 1.29 is 0 Å². The summed E-state index contributed by atoms with van der Waals surface area (Å²) in [4.78, 5) is 0.975. The molecule has 0 aromatic heterocycles. The fraction of sp³-hybridized carbons (Fsp3) is 0.333. The van der Waals surface area contributed by atoms with Crippen molar-refractivity contribution in [2.24, 2.45) is 5.14 Å². The van der Waals surface area contributed by atoms with Gasteiger partial charge >= 0.3 is 0 Å². The number of nitrogen functional groups attached to an aromatic ring is 1. The summed E-state index contributed by atoms with van der Waals surface area (Å²) in [5.74, 6) is 0. The SMILES string of the molecule is CC.Cc1cccc(N)c1SN. The summed E-state index contributed by atoms with van der Waals surface area (Å²) in [6.07, 6.45) is 0. The second-order valence-electron chi connectivity index (χ2n) is 2.11. The summed E-state index contributed by atoms with van der Waals surface area (Å²) < 4.78 is 0. The van der Waals surface area contributed by atoms with Crippen molar-refractivity contribution in [2.45, 2.75) is 25.7 Å². The van der Waals surface area contributed by atoms with Crippen LogP contribution in [0.15, 0.2) is 23.1 Å². The minimum absolute atomic E-state index is 0.757. The van der Waals surface area contributed by atoms with Gasteiger partial charge < -0.3 is 5.73 Å². The number of benzene rings is 1. The molecular formula is C9H16N2S. The second kappa shape index (κ2) is 5.91. The maximum absolute atomic E-state index is 5.63. The van der Waals surface area contributed by atoms with Gasteiger partial charge in [0.05, 0.1) is 0 Å². The number of hydrogen-bond donors (Lipinski definition) is 2. The molecule has 0 aliphatic rings. The number of hydrogen-bond acceptors (Lipinski definition) is 3. The number of rotatable bonds is 1. The Labute approximate surface area is 78.5 Å². The molecule has 3 heteroatoms. The first-order chi connectivity index (χ1) is 5.75. The number of aryl methyl sites for hydroxylation is 1. The summed E-state index contributed by atoms with van der Waals surface area (Å²) in [6, 6.07) is 5.76. The lowest BCUT2D eigenvalue weighted by atomic mass is 10.2. The third kappa shape index (κ3) is 2.75. The van der Waals surface area contributed by atoms with Crippen LogP contribution in [0, 0.1) is 6.92 Å². The minimum atomic E-state index is 0.757. The van der Waals surface area contributed by atoms with Gasteiger partial charge in [0.1, 0.15) is 0 Å². The topological polar surface area (TPSA) is 52.0 Å². The first kappa shape index (κ1) is 11.3. The van der Waals surface area contributed by atoms with Gasteiger partial charge in [-0.25, -0.2) is 0 Å². The van der Waals surface area contributed by atoms with Gasteiger partial charge in [0.25, 0.3) is 0 Å². The Hall–Kier alpha value is -0.670. The Kier molecular flexibility index (Phi) is 5.58. The summed E-state index contributed by atoms with van der Waals surface area (Å²) >= 11 is 1.20. The molecular weight excluding hydrogens is 168 g/mol. The van der Waals surface area contributed by atoms with Crippen LogP contribution in [0.2, 0.25) is 0 Å². The highest BCUT2D eigenvalue weighted by Crippen LogP contribution is 2.23. The van der Waals surface area contributed by atoms with Gasteiger partial charge in [0, 0.05) is 10.6 Å². The van der Waals surface area contributed by atoms with E-state index in [0.29, 0.717) is 0 Å². The zero-order chi connectivity index (χ0) is 9.56. The van der Waals surface area contributed by atoms with E-state index in [9.17, 15) is 0 Å². The lowest BCUT2D eigenvalue weighted by Gasteiger charge is -2.03. The molecule has 0 saturated heterocycles. The van der Waals surface area contributed by atoms with E-state index >= 15 is 0 Å². The zero-order valence-corrected chi connectivity index (χ0v) is 8.61. The number of anilines is 1. The van der Waals surface area contributed by atoms with Crippen molar-refractivity contribution in [1.82, 2.24) is 0 Å². The van der Waals surface area contributed by atoms with Gasteiger partial charge in [-0.15, -0.1) is 0 Å². The van der Waals surface area contributed by atoms with Crippen LogP contribution >= 0.6 is 11.9 Å². The molecule has 0 bridgehead atoms. The summed E-state index contributed by atoms with van der Waals surface area (Å²) in [6.45, 7) is 5.99. The van der Waals surface area contributed by atoms with Gasteiger partial charge in [-0.2, -0.15) is 0 Å². The van der Waals surface area contributed by atoms with Gasteiger partial charge in [-0.05, 0) is 30.5 Å². The molecule has 0 amide bonds. The van der Waals surface area contributed by atoms with E-state index < -0.39 is 0 Å². The zero-order valence-electron chi connectivity index (χ0n) is 7.79. The van der Waals surface area contributed by atoms with E-state index in [2.05, 4.69) is 0 Å². The van der Waals surface area contributed by atoms with Gasteiger partial charge in [-0.3, -0.25) is 5.14 Å². The lowest BCUT2D eigenvalue weighted by Crippen LogP contribution is -1.92. The lowest BCUT2D eigenvalue weighted by molar-refractivity contribution is 1.31. The fourth-order valence-electron chi connectivity index (χ4n) is 0.836. The van der Waals surface area contributed by atoms with Crippen LogP contribution in [0.5, 0.6) is 0 Å². The molecule has 0 unspecified atom stereocenters. The Morgan fingerprint density at radius 3 is 2.17 bits per heavy atom. The molecule has 68 valence electrons. The molecule has 4 N–H and O–H groups in total. The smallest absolute Gasteiger partial charge is 0.0484 e. The van der Waals surface area contributed by atoms with Crippen LogP contribution in [0.4, 0.5) is 5.69 Å². The van der Waals surface area contributed by atoms with Crippen LogP contribution in [0.3, 0.4) is 0 Å². The second-order valence-corrected chi connectivity index (χ2v) is 2.76. The highest BCUT2D eigenvalue weighted by Gasteiger charge is 1.98. The van der Waals surface area contributed by atoms with Crippen LogP contribution < -0.4 is 10.9 Å². The maximum Gasteiger partial charge on any atom is 0.0484 e. The van der Waals surface area contributed by atoms with Crippen molar-refractivity contribution in [3.63, 3.8) is 0 Å². The van der Waals surface area contributed by atoms with Crippen LogP contribution in [0.1, 0.15) is 19.4 Å². The molecule has 0 radical (unpaired) electrons. The van der Waals surface area contributed by atoms with Crippen molar-refractivity contribution >= 4 is 17.6 Å². The normalized spacial score (nSPS) is 8.67. The van der Waals surface area contributed by atoms with Crippen LogP contribution in [-0.4, -0.2) is 0 Å². The van der Waals surface area contributed by atoms with E-state index in [0.717, 1.165) is 16.1 Å². The molecule has 0 aliphatic heterocycles. The van der Waals surface area contributed by atoms with E-state index in [1.54, 1.807) is 0 Å². The third-order valence-corrected chi connectivity index (χ3v) is 2.15. The van der Waals surface area contributed by atoms with Gasteiger partial charge in [0.2, 0.25) is 0 Å². The summed E-state index contributed by atoms with van der Waals surface area (Å²) in [5, 5.41) is 5.39. The predicted octanol–water partition coefficient (Wildman–Crippen LogP) is 2.57. The number of nitrogens with two attached hydrogens (primary N) is 2. The Balaban J connectivity index is 0.000000561. The molecule has 0 aliphatic carbocycles. The van der Waals surface area contributed by atoms with Gasteiger partial charge in [0.15, 0.2) is 0 Å². The van der Waals surface area contributed by atoms with E-state index in [-0.39, 0.29) is 0 Å². The van der Waals surface area contributed by atoms with E-state index in [4.69, 9.17) is 10.9 Å². The minimum Gasteiger partial charge on any atom is -0.398 e. The molecule has 2 nitrogen and oxygen atoms in total. The predicted molar refractivity (Wildman–Crippen MR) is 57.0 cm³/mol. The van der Waals surface area contributed by atoms with Crippen LogP contribution in [0.25, 0.3) is 0 Å². The maximum atomic E-state index is 5.63. The first-order valence-corrected chi connectivity index (χ1v) is 4.85. The third-order valence-electron chi connectivity index (χ3n) is 1.36. The molecule has 0 saturated carbocycles. The molecule has 0 spiro atoms. The molecule has 0 atom stereocenters. The fourth-order valence-corrected chi connectivity index (χ4v) is 1.29. The van der Waals surface area contributed by atoms with Crippen molar-refractivity contribution in [2.75, 3.05) is 5.73 Å². The Morgan fingerprint density at radius 1 is 1.25 bits per heavy atom. The van der Waals surface area contributed by atoms with Crippen molar-refractivity contribution in [3.05, 3.63) is 23.8 Å². The average molecular weight is 184 g/mol. The molecule has 0 heterocycles. The van der Waals surface area contributed by atoms with Gasteiger partial charge in [-0.1, -0.05) is 26.0 Å². The Morgan fingerprint density at radius 2 is 1.83 bits per heavy atom. The van der Waals surface area contributed by atoms with Crippen LogP contribution in [-0.2, 0) is 0 Å². The molecule has 12 heavy (non-hydrogen) atoms. The summed E-state index contributed by atoms with van der Waals surface area (Å²) in [5.41, 5.74) is 7.52. The first-order valence-electron chi connectivity index (χ1n) is 3.97. The summed E-state index contributed by atoms with van der Waals surface area (Å²) in [7, 11) is 0. The highest BCUT2D eigenvalue weighted by molar-refractivity contribution is 7.97. The monoisotopic (exact) mass is 184 g/mol. The van der Waals surface area contributed by atoms with Crippen molar-refractivity contribution in [3.8, 4) is 0 Å². The molecule has 1 aromatic carbocycles. The van der Waals surface area contributed by atoms with E-state index in [1.807, 2.05) is 39.0 Å². The molecule has 1 rings (SSSR count). The Bertz CT molecular complexity index is 216. The largest absolute Gasteiger partial charge is 0.398 e. The highest BCUT2D eigenvalue weighted by atomic mass is 32.2. The van der Waals surface area contributed by atoms with Crippen molar-refractivity contribution in [1.29, 1.82) is 0 Å². The average Bonchev–Trinajstić information content (AvgIpc) is 2.08. The standard InChI is InChI=1S/C7H10N2S.C2H6/c1-5-3-2-4-6(8)7(5)10-9;1-2/h2-4H,8-9H2,1H3;1-2H3. The molecule has 1 aromatic rings. The molecule has 0 fully saturated rings. The quantitative estimate of drug-likeness (QED) is 0.521. The van der Waals surface area contributed by atoms with E-state index in [1.165, 1.54) is 11.9 Å².